The third kappa shape index (κ3) is 2.46. The van der Waals surface area contributed by atoms with Crippen LogP contribution in [0.25, 0.3) is 0 Å². The number of nitrogens with two attached hydrogens (primary N) is 1. The summed E-state index contributed by atoms with van der Waals surface area (Å²) in [4.78, 5) is 12.1. The summed E-state index contributed by atoms with van der Waals surface area (Å²) in [5, 5.41) is 2.78. The van der Waals surface area contributed by atoms with Gasteiger partial charge in [0.05, 0.1) is 7.11 Å². The summed E-state index contributed by atoms with van der Waals surface area (Å²) >= 11 is 0. The van der Waals surface area contributed by atoms with E-state index in [-0.39, 0.29) is 23.4 Å². The molecule has 1 saturated carbocycles. The molecule has 0 aliphatic heterocycles. The minimum Gasteiger partial charge on any atom is -0.496 e. The maximum absolute atomic E-state index is 13.7. The Kier molecular flexibility index (Phi) is 3.81. The van der Waals surface area contributed by atoms with Crippen molar-refractivity contribution in [1.82, 2.24) is 5.32 Å². The molecule has 3 N–H and O–H groups in total. The molecule has 0 aromatic heterocycles. The second-order valence-corrected chi connectivity index (χ2v) is 4.49. The highest BCUT2D eigenvalue weighted by atomic mass is 19.1. The van der Waals surface area contributed by atoms with E-state index in [1.807, 2.05) is 0 Å². The summed E-state index contributed by atoms with van der Waals surface area (Å²) in [7, 11) is 1.41. The lowest BCUT2D eigenvalue weighted by Gasteiger charge is -2.18. The Hall–Kier alpha value is -1.62. The average molecular weight is 252 g/mol. The normalized spacial score (nSPS) is 22.8. The molecule has 2 rings (SSSR count). The molecule has 1 amide bonds. The van der Waals surface area contributed by atoms with Gasteiger partial charge in [-0.2, -0.15) is 0 Å². The molecule has 1 aliphatic carbocycles. The number of nitrogens with one attached hydrogen (secondary N) is 1. The number of carbonyl (C=O) groups is 1. The van der Waals surface area contributed by atoms with Gasteiger partial charge in [-0.05, 0) is 31.4 Å². The maximum Gasteiger partial charge on any atom is 0.258 e. The highest BCUT2D eigenvalue weighted by molar-refractivity contribution is 5.97. The van der Waals surface area contributed by atoms with Crippen LogP contribution >= 0.6 is 0 Å². The molecule has 2 atom stereocenters. The summed E-state index contributed by atoms with van der Waals surface area (Å²) in [5.74, 6) is -0.815. The van der Waals surface area contributed by atoms with Gasteiger partial charge in [0, 0.05) is 12.1 Å². The predicted octanol–water partition coefficient (Wildman–Crippen LogP) is 1.44. The van der Waals surface area contributed by atoms with Gasteiger partial charge >= 0.3 is 0 Å². The first-order valence-electron chi connectivity index (χ1n) is 6.02. The van der Waals surface area contributed by atoms with E-state index in [0.29, 0.717) is 0 Å². The Bertz CT molecular complexity index is 451. The van der Waals surface area contributed by atoms with E-state index in [2.05, 4.69) is 5.32 Å². The zero-order chi connectivity index (χ0) is 13.1. The van der Waals surface area contributed by atoms with Crippen LogP contribution < -0.4 is 15.8 Å². The van der Waals surface area contributed by atoms with Gasteiger partial charge < -0.3 is 15.8 Å². The van der Waals surface area contributed by atoms with E-state index in [1.165, 1.54) is 19.2 Å². The van der Waals surface area contributed by atoms with E-state index < -0.39 is 11.7 Å². The van der Waals surface area contributed by atoms with Crippen molar-refractivity contribution >= 4 is 5.91 Å². The van der Waals surface area contributed by atoms with Gasteiger partial charge in [-0.25, -0.2) is 4.39 Å². The maximum atomic E-state index is 13.7. The Balaban J connectivity index is 2.18. The lowest BCUT2D eigenvalue weighted by Crippen LogP contribution is -2.44. The largest absolute Gasteiger partial charge is 0.496 e. The average Bonchev–Trinajstić information content (AvgIpc) is 2.74. The van der Waals surface area contributed by atoms with Gasteiger partial charge in [0.2, 0.25) is 0 Å². The molecule has 0 radical (unpaired) electrons. The molecule has 5 heteroatoms. The van der Waals surface area contributed by atoms with Crippen LogP contribution in [0.15, 0.2) is 18.2 Å². The molecule has 1 aromatic rings. The summed E-state index contributed by atoms with van der Waals surface area (Å²) in [6.07, 6.45) is 2.71. The lowest BCUT2D eigenvalue weighted by molar-refractivity contribution is 0.0927. The number of rotatable bonds is 3. The molecule has 1 aromatic carbocycles. The topological polar surface area (TPSA) is 64.3 Å². The fourth-order valence-electron chi connectivity index (χ4n) is 2.30. The van der Waals surface area contributed by atoms with Crippen molar-refractivity contribution in [1.29, 1.82) is 0 Å². The smallest absolute Gasteiger partial charge is 0.258 e. The van der Waals surface area contributed by atoms with Crippen LogP contribution in [0.3, 0.4) is 0 Å². The first-order chi connectivity index (χ1) is 8.63. The molecule has 0 spiro atoms. The number of hydrogen-bond donors (Lipinski definition) is 2. The predicted molar refractivity (Wildman–Crippen MR) is 66.0 cm³/mol. The first-order valence-corrected chi connectivity index (χ1v) is 6.02. The fraction of sp³-hybridized carbons (Fsp3) is 0.462. The van der Waals surface area contributed by atoms with Gasteiger partial charge in [0.15, 0.2) is 0 Å². The summed E-state index contributed by atoms with van der Waals surface area (Å²) in [6, 6.07) is 4.18. The number of benzene rings is 1. The zero-order valence-electron chi connectivity index (χ0n) is 10.3. The molecule has 4 nitrogen and oxygen atoms in total. The van der Waals surface area contributed by atoms with Gasteiger partial charge in [-0.1, -0.05) is 6.07 Å². The van der Waals surface area contributed by atoms with Crippen LogP contribution in [0.2, 0.25) is 0 Å². The molecule has 0 heterocycles. The standard InChI is InChI=1S/C13H17FN2O2/c1-18-11-7-2-4-8(14)12(11)13(17)16-10-6-3-5-9(10)15/h2,4,7,9-10H,3,5-6,15H2,1H3,(H,16,17). The van der Waals surface area contributed by atoms with Crippen LogP contribution in [0.4, 0.5) is 4.39 Å². The quantitative estimate of drug-likeness (QED) is 0.855. The van der Waals surface area contributed by atoms with Crippen molar-refractivity contribution in [3.05, 3.63) is 29.6 Å². The number of ether oxygens (including phenoxy) is 1. The Morgan fingerprint density at radius 1 is 1.50 bits per heavy atom. The molecule has 98 valence electrons. The van der Waals surface area contributed by atoms with Crippen LogP contribution in [-0.4, -0.2) is 25.1 Å². The Labute approximate surface area is 105 Å². The third-order valence-corrected chi connectivity index (χ3v) is 3.31. The van der Waals surface area contributed by atoms with Gasteiger partial charge in [-0.3, -0.25) is 4.79 Å². The zero-order valence-corrected chi connectivity index (χ0v) is 10.3. The van der Waals surface area contributed by atoms with Crippen LogP contribution in [-0.2, 0) is 0 Å². The van der Waals surface area contributed by atoms with Crippen molar-refractivity contribution < 1.29 is 13.9 Å². The minimum absolute atomic E-state index is 0.0493. The lowest BCUT2D eigenvalue weighted by atomic mass is 10.1. The van der Waals surface area contributed by atoms with E-state index >= 15 is 0 Å². The van der Waals surface area contributed by atoms with E-state index in [9.17, 15) is 9.18 Å². The summed E-state index contributed by atoms with van der Waals surface area (Å²) in [5.41, 5.74) is 5.82. The molecule has 0 saturated heterocycles. The number of carbonyl (C=O) groups excluding carboxylic acids is 1. The molecule has 1 aliphatic rings. The molecule has 1 fully saturated rings. The molecular weight excluding hydrogens is 235 g/mol. The summed E-state index contributed by atoms with van der Waals surface area (Å²) in [6.45, 7) is 0. The van der Waals surface area contributed by atoms with E-state index in [1.54, 1.807) is 6.07 Å². The Morgan fingerprint density at radius 3 is 2.89 bits per heavy atom. The fourth-order valence-corrected chi connectivity index (χ4v) is 2.30. The van der Waals surface area contributed by atoms with Crippen LogP contribution in [0.1, 0.15) is 29.6 Å². The third-order valence-electron chi connectivity index (χ3n) is 3.31. The van der Waals surface area contributed by atoms with Crippen molar-refractivity contribution in [3.63, 3.8) is 0 Å². The molecular formula is C13H17FN2O2. The van der Waals surface area contributed by atoms with Gasteiger partial charge in [-0.15, -0.1) is 0 Å². The van der Waals surface area contributed by atoms with Gasteiger partial charge in [0.1, 0.15) is 17.1 Å². The molecule has 0 bridgehead atoms. The second kappa shape index (κ2) is 5.35. The van der Waals surface area contributed by atoms with Crippen molar-refractivity contribution in [2.75, 3.05) is 7.11 Å². The first kappa shape index (κ1) is 12.8. The molecule has 18 heavy (non-hydrogen) atoms. The van der Waals surface area contributed by atoms with Crippen molar-refractivity contribution in [2.24, 2.45) is 5.73 Å². The SMILES string of the molecule is COc1cccc(F)c1C(=O)NC1CCCC1N. The monoisotopic (exact) mass is 252 g/mol. The number of hydrogen-bond acceptors (Lipinski definition) is 3. The van der Waals surface area contributed by atoms with E-state index in [4.69, 9.17) is 10.5 Å². The summed E-state index contributed by atoms with van der Waals surface area (Å²) < 4.78 is 18.7. The highest BCUT2D eigenvalue weighted by Gasteiger charge is 2.27. The van der Waals surface area contributed by atoms with Crippen molar-refractivity contribution in [2.45, 2.75) is 31.3 Å². The van der Waals surface area contributed by atoms with E-state index in [0.717, 1.165) is 19.3 Å². The second-order valence-electron chi connectivity index (χ2n) is 4.49. The van der Waals surface area contributed by atoms with Gasteiger partial charge in [0.25, 0.3) is 5.91 Å². The van der Waals surface area contributed by atoms with Crippen LogP contribution in [0, 0.1) is 5.82 Å². The van der Waals surface area contributed by atoms with Crippen LogP contribution in [0.5, 0.6) is 5.75 Å². The number of methoxy groups -OCH3 is 1. The number of amides is 1. The highest BCUT2D eigenvalue weighted by Crippen LogP contribution is 2.23. The minimum atomic E-state index is -0.585. The number of halogens is 1. The Morgan fingerprint density at radius 2 is 2.28 bits per heavy atom. The molecule has 2 unspecified atom stereocenters. The van der Waals surface area contributed by atoms with Crippen molar-refractivity contribution in [3.8, 4) is 5.75 Å².